The molecule has 0 saturated carbocycles. The molecule has 0 radical (unpaired) electrons. The van der Waals surface area contributed by atoms with Crippen molar-refractivity contribution in [1.29, 1.82) is 0 Å². The largest absolute Gasteiger partial charge is 0.430 e. The molecule has 0 atom stereocenters. The molecule has 0 unspecified atom stereocenters. The van der Waals surface area contributed by atoms with Gasteiger partial charge < -0.3 is 16.6 Å². The number of aliphatic hydroxyl groups is 1. The Morgan fingerprint density at radius 2 is 1.06 bits per heavy atom. The van der Waals surface area contributed by atoms with Gasteiger partial charge in [-0.25, -0.2) is 0 Å². The molecule has 0 fully saturated rings. The Hall–Kier alpha value is -2.49. The lowest BCUT2D eigenvalue weighted by molar-refractivity contribution is -0.376. The van der Waals surface area contributed by atoms with Gasteiger partial charge in [0.15, 0.2) is 5.92 Å². The first kappa shape index (κ1) is 27.8. The normalized spacial score (nSPS) is 14.1. The second-order valence-corrected chi connectivity index (χ2v) is 8.01. The lowest BCUT2D eigenvalue weighted by Crippen LogP contribution is -2.54. The van der Waals surface area contributed by atoms with E-state index in [0.29, 0.717) is 18.2 Å². The highest BCUT2D eigenvalue weighted by atomic mass is 32.2. The van der Waals surface area contributed by atoms with Gasteiger partial charge in [0.2, 0.25) is 0 Å². The Labute approximate surface area is 186 Å². The molecule has 0 spiro atoms. The van der Waals surface area contributed by atoms with Crippen molar-refractivity contribution in [1.82, 2.24) is 0 Å². The van der Waals surface area contributed by atoms with Crippen molar-refractivity contribution in [2.75, 3.05) is 11.5 Å². The molecular formula is C18H12F12N2OS. The smallest absolute Gasteiger partial charge is 0.398 e. The van der Waals surface area contributed by atoms with E-state index in [1.807, 2.05) is 0 Å². The summed E-state index contributed by atoms with van der Waals surface area (Å²) >= 11 is 0.218. The van der Waals surface area contributed by atoms with Gasteiger partial charge in [0.1, 0.15) is 0 Å². The fraction of sp³-hybridized carbons (Fsp3) is 0.333. The Bertz CT molecular complexity index is 1020. The maximum absolute atomic E-state index is 13.2. The number of nitrogen functional groups attached to an aromatic ring is 2. The predicted octanol–water partition coefficient (Wildman–Crippen LogP) is 6.52. The number of anilines is 2. The second-order valence-electron chi connectivity index (χ2n) is 6.86. The van der Waals surface area contributed by atoms with E-state index in [1.54, 1.807) is 0 Å². The molecule has 190 valence electrons. The average molecular weight is 532 g/mol. The van der Waals surface area contributed by atoms with E-state index in [9.17, 15) is 57.8 Å². The minimum absolute atomic E-state index is 0.183. The van der Waals surface area contributed by atoms with Crippen LogP contribution in [0.3, 0.4) is 0 Å². The summed E-state index contributed by atoms with van der Waals surface area (Å²) in [5.41, 5.74) is -0.179. The minimum Gasteiger partial charge on any atom is -0.398 e. The third-order valence-corrected chi connectivity index (χ3v) is 5.47. The van der Waals surface area contributed by atoms with Crippen molar-refractivity contribution in [2.24, 2.45) is 0 Å². The summed E-state index contributed by atoms with van der Waals surface area (Å²) in [4.78, 5) is -0.941. The van der Waals surface area contributed by atoms with Gasteiger partial charge in [-0.3, -0.25) is 0 Å². The Kier molecular flexibility index (Phi) is 7.04. The second kappa shape index (κ2) is 8.62. The summed E-state index contributed by atoms with van der Waals surface area (Å²) in [6.07, 6.45) is -24.2. The molecule has 0 bridgehead atoms. The molecule has 0 aromatic heterocycles. The monoisotopic (exact) mass is 532 g/mol. The number of alkyl halides is 12. The van der Waals surface area contributed by atoms with E-state index < -0.39 is 68.5 Å². The lowest BCUT2D eigenvalue weighted by atomic mass is 9.91. The van der Waals surface area contributed by atoms with Crippen LogP contribution in [-0.4, -0.2) is 29.8 Å². The van der Waals surface area contributed by atoms with Crippen LogP contribution in [0.2, 0.25) is 0 Å². The zero-order chi connectivity index (χ0) is 26.5. The van der Waals surface area contributed by atoms with Crippen LogP contribution >= 0.6 is 11.8 Å². The van der Waals surface area contributed by atoms with Crippen LogP contribution in [0.25, 0.3) is 0 Å². The van der Waals surface area contributed by atoms with Crippen molar-refractivity contribution in [3.8, 4) is 0 Å². The van der Waals surface area contributed by atoms with Crippen LogP contribution in [0.4, 0.5) is 64.1 Å². The van der Waals surface area contributed by atoms with E-state index >= 15 is 0 Å². The average Bonchev–Trinajstić information content (AvgIpc) is 2.61. The van der Waals surface area contributed by atoms with E-state index in [2.05, 4.69) is 0 Å². The number of hydrogen-bond donors (Lipinski definition) is 3. The number of halogens is 12. The van der Waals surface area contributed by atoms with E-state index in [-0.39, 0.29) is 17.8 Å². The molecule has 0 heterocycles. The summed E-state index contributed by atoms with van der Waals surface area (Å²) in [6, 6.07) is 3.54. The zero-order valence-corrected chi connectivity index (χ0v) is 16.9. The molecule has 5 N–H and O–H groups in total. The third kappa shape index (κ3) is 5.26. The molecule has 0 aliphatic carbocycles. The Balaban J connectivity index is 2.60. The molecule has 2 aromatic carbocycles. The van der Waals surface area contributed by atoms with Gasteiger partial charge in [0.25, 0.3) is 5.60 Å². The van der Waals surface area contributed by atoms with E-state index in [4.69, 9.17) is 11.5 Å². The van der Waals surface area contributed by atoms with Gasteiger partial charge in [0.05, 0.1) is 0 Å². The predicted molar refractivity (Wildman–Crippen MR) is 96.7 cm³/mol. The van der Waals surface area contributed by atoms with Gasteiger partial charge in [-0.2, -0.15) is 52.7 Å². The summed E-state index contributed by atoms with van der Waals surface area (Å²) in [5, 5.41) is 9.55. The van der Waals surface area contributed by atoms with Crippen molar-refractivity contribution in [3.05, 3.63) is 47.5 Å². The number of rotatable bonds is 4. The first-order chi connectivity index (χ1) is 15.1. The topological polar surface area (TPSA) is 72.3 Å². The quantitative estimate of drug-likeness (QED) is 0.310. The van der Waals surface area contributed by atoms with Gasteiger partial charge in [0, 0.05) is 26.7 Å². The lowest BCUT2D eigenvalue weighted by Gasteiger charge is -2.33. The molecule has 3 nitrogen and oxygen atoms in total. The van der Waals surface area contributed by atoms with Crippen molar-refractivity contribution >= 4 is 23.1 Å². The van der Waals surface area contributed by atoms with Crippen molar-refractivity contribution in [3.63, 3.8) is 0 Å². The van der Waals surface area contributed by atoms with Crippen molar-refractivity contribution < 1.29 is 57.8 Å². The highest BCUT2D eigenvalue weighted by molar-refractivity contribution is 7.99. The Morgan fingerprint density at radius 3 is 1.47 bits per heavy atom. The summed E-state index contributed by atoms with van der Waals surface area (Å²) < 4.78 is 157. The maximum Gasteiger partial charge on any atom is 0.430 e. The standard InChI is InChI=1S/C18H12F12N2OS/c19-15(20,21)13(16(22,23)24)9-5-7(1-3-11(9)31)34-8-2-4-12(32)10(6-8)14(33,17(25,26)27)18(28,29)30/h1-6,13,33H,31-32H2. The Morgan fingerprint density at radius 1 is 0.647 bits per heavy atom. The summed E-state index contributed by atoms with van der Waals surface area (Å²) in [5.74, 6) is -4.00. The number of nitrogens with two attached hydrogens (primary N) is 2. The first-order valence-electron chi connectivity index (χ1n) is 8.57. The minimum atomic E-state index is -6.27. The van der Waals surface area contributed by atoms with Crippen LogP contribution in [0.15, 0.2) is 46.2 Å². The van der Waals surface area contributed by atoms with Crippen LogP contribution in [0.5, 0.6) is 0 Å². The third-order valence-electron chi connectivity index (χ3n) is 4.49. The van der Waals surface area contributed by atoms with Crippen LogP contribution in [0, 0.1) is 0 Å². The molecule has 0 aliphatic heterocycles. The molecule has 0 aliphatic rings. The van der Waals surface area contributed by atoms with Crippen molar-refractivity contribution in [2.45, 2.75) is 46.0 Å². The zero-order valence-electron chi connectivity index (χ0n) is 16.1. The van der Waals surface area contributed by atoms with Gasteiger partial charge in [-0.1, -0.05) is 11.8 Å². The highest BCUT2D eigenvalue weighted by Gasteiger charge is 2.72. The molecule has 16 heteroatoms. The van der Waals surface area contributed by atoms with E-state index in [0.717, 1.165) is 12.1 Å². The van der Waals surface area contributed by atoms with Gasteiger partial charge in [-0.15, -0.1) is 0 Å². The number of hydrogen-bond acceptors (Lipinski definition) is 4. The molecule has 0 amide bonds. The first-order valence-corrected chi connectivity index (χ1v) is 9.39. The summed E-state index contributed by atoms with van der Waals surface area (Å²) in [6.45, 7) is 0. The summed E-state index contributed by atoms with van der Waals surface area (Å²) in [7, 11) is 0. The van der Waals surface area contributed by atoms with E-state index in [1.165, 1.54) is 0 Å². The number of benzene rings is 2. The molecule has 0 saturated heterocycles. The van der Waals surface area contributed by atoms with Crippen LogP contribution < -0.4 is 11.5 Å². The van der Waals surface area contributed by atoms with Crippen LogP contribution in [0.1, 0.15) is 17.0 Å². The van der Waals surface area contributed by atoms with Gasteiger partial charge in [-0.05, 0) is 42.0 Å². The van der Waals surface area contributed by atoms with Crippen LogP contribution in [-0.2, 0) is 5.60 Å². The van der Waals surface area contributed by atoms with Gasteiger partial charge >= 0.3 is 24.7 Å². The SMILES string of the molecule is Nc1ccc(Sc2ccc(N)c(C(O)(C(F)(F)F)C(F)(F)F)c2)cc1C(C(F)(F)F)C(F)(F)F. The maximum atomic E-state index is 13.2. The molecule has 2 aromatic rings. The highest BCUT2D eigenvalue weighted by Crippen LogP contribution is 2.53. The molecule has 2 rings (SSSR count). The fourth-order valence-corrected chi connectivity index (χ4v) is 3.83. The molecule has 34 heavy (non-hydrogen) atoms. The molecular weight excluding hydrogens is 520 g/mol. The fourth-order valence-electron chi connectivity index (χ4n) is 2.92.